The van der Waals surface area contributed by atoms with Gasteiger partial charge in [-0.25, -0.2) is 5.43 Å². The van der Waals surface area contributed by atoms with E-state index in [4.69, 9.17) is 4.74 Å². The molecule has 0 saturated heterocycles. The van der Waals surface area contributed by atoms with Gasteiger partial charge in [-0.05, 0) is 67.8 Å². The number of hydrogen-bond donors (Lipinski definition) is 3. The fourth-order valence-electron chi connectivity index (χ4n) is 3.43. The molecule has 0 heterocycles. The van der Waals surface area contributed by atoms with E-state index in [0.29, 0.717) is 29.2 Å². The van der Waals surface area contributed by atoms with Gasteiger partial charge in [-0.1, -0.05) is 19.3 Å². The standard InChI is InChI=1S/C23H27N3O4/c1-2-30-21-14-16(8-13-20(21)27)15-24-26-23(29)18-9-11-19(12-10-18)25-22(28)17-6-4-3-5-7-17/h8-15,17,27H,2-7H2,1H3,(H,25,28)(H,26,29). The number of rotatable bonds is 7. The number of hydrogen-bond acceptors (Lipinski definition) is 5. The second-order valence-corrected chi connectivity index (χ2v) is 7.26. The highest BCUT2D eigenvalue weighted by Crippen LogP contribution is 2.26. The number of ether oxygens (including phenoxy) is 1. The highest BCUT2D eigenvalue weighted by atomic mass is 16.5. The first-order chi connectivity index (χ1) is 14.6. The number of phenols is 1. The number of amides is 2. The van der Waals surface area contributed by atoms with Crippen LogP contribution in [0.1, 0.15) is 54.9 Å². The van der Waals surface area contributed by atoms with E-state index >= 15 is 0 Å². The molecule has 30 heavy (non-hydrogen) atoms. The molecule has 0 radical (unpaired) electrons. The molecule has 1 aliphatic rings. The summed E-state index contributed by atoms with van der Waals surface area (Å²) in [5.41, 5.74) is 4.26. The maximum absolute atomic E-state index is 12.3. The van der Waals surface area contributed by atoms with Crippen LogP contribution in [0.3, 0.4) is 0 Å². The van der Waals surface area contributed by atoms with Crippen LogP contribution in [0.25, 0.3) is 0 Å². The average molecular weight is 409 g/mol. The Bertz CT molecular complexity index is 903. The van der Waals surface area contributed by atoms with Gasteiger partial charge in [0.05, 0.1) is 12.8 Å². The summed E-state index contributed by atoms with van der Waals surface area (Å²) in [5.74, 6) is 0.184. The van der Waals surface area contributed by atoms with E-state index in [1.807, 2.05) is 6.92 Å². The Kier molecular flexibility index (Phi) is 7.43. The normalized spacial score (nSPS) is 14.4. The fraction of sp³-hybridized carbons (Fsp3) is 0.348. The summed E-state index contributed by atoms with van der Waals surface area (Å²) in [5, 5.41) is 16.6. The maximum atomic E-state index is 12.3. The monoisotopic (exact) mass is 409 g/mol. The minimum Gasteiger partial charge on any atom is -0.504 e. The van der Waals surface area contributed by atoms with Gasteiger partial charge >= 0.3 is 0 Å². The molecule has 0 aliphatic heterocycles. The van der Waals surface area contributed by atoms with Crippen molar-refractivity contribution in [3.63, 3.8) is 0 Å². The lowest BCUT2D eigenvalue weighted by atomic mass is 9.88. The van der Waals surface area contributed by atoms with E-state index in [-0.39, 0.29) is 23.5 Å². The second kappa shape index (κ2) is 10.4. The van der Waals surface area contributed by atoms with Crippen LogP contribution in [-0.4, -0.2) is 29.7 Å². The molecule has 3 N–H and O–H groups in total. The molecule has 158 valence electrons. The summed E-state index contributed by atoms with van der Waals surface area (Å²) in [7, 11) is 0. The van der Waals surface area contributed by atoms with Crippen molar-refractivity contribution in [1.29, 1.82) is 0 Å². The van der Waals surface area contributed by atoms with Crippen molar-refractivity contribution in [2.24, 2.45) is 11.0 Å². The molecule has 1 fully saturated rings. The van der Waals surface area contributed by atoms with Gasteiger partial charge in [0, 0.05) is 17.2 Å². The number of nitrogens with zero attached hydrogens (tertiary/aromatic N) is 1. The van der Waals surface area contributed by atoms with E-state index in [2.05, 4.69) is 15.8 Å². The van der Waals surface area contributed by atoms with E-state index in [9.17, 15) is 14.7 Å². The third-order valence-electron chi connectivity index (χ3n) is 5.05. The predicted molar refractivity (Wildman–Crippen MR) is 116 cm³/mol. The molecule has 3 rings (SSSR count). The Morgan fingerprint density at radius 3 is 2.57 bits per heavy atom. The molecule has 1 aliphatic carbocycles. The second-order valence-electron chi connectivity index (χ2n) is 7.26. The Balaban J connectivity index is 1.53. The highest BCUT2D eigenvalue weighted by Gasteiger charge is 2.21. The van der Waals surface area contributed by atoms with Gasteiger partial charge in [0.25, 0.3) is 5.91 Å². The number of hydrazone groups is 1. The van der Waals surface area contributed by atoms with Crippen LogP contribution in [0.2, 0.25) is 0 Å². The van der Waals surface area contributed by atoms with Crippen LogP contribution < -0.4 is 15.5 Å². The zero-order chi connectivity index (χ0) is 21.3. The first-order valence-corrected chi connectivity index (χ1v) is 10.3. The van der Waals surface area contributed by atoms with Crippen molar-refractivity contribution in [1.82, 2.24) is 5.43 Å². The van der Waals surface area contributed by atoms with Gasteiger partial charge in [-0.15, -0.1) is 0 Å². The molecule has 0 spiro atoms. The van der Waals surface area contributed by atoms with E-state index in [1.54, 1.807) is 36.4 Å². The van der Waals surface area contributed by atoms with Gasteiger partial charge in [-0.3, -0.25) is 9.59 Å². The first-order valence-electron chi connectivity index (χ1n) is 10.3. The van der Waals surface area contributed by atoms with Crippen molar-refractivity contribution < 1.29 is 19.4 Å². The number of carbonyl (C=O) groups is 2. The van der Waals surface area contributed by atoms with Gasteiger partial charge in [0.2, 0.25) is 5.91 Å². The summed E-state index contributed by atoms with van der Waals surface area (Å²) >= 11 is 0. The van der Waals surface area contributed by atoms with Gasteiger partial charge in [0.1, 0.15) is 0 Å². The summed E-state index contributed by atoms with van der Waals surface area (Å²) in [6.07, 6.45) is 6.77. The third-order valence-corrected chi connectivity index (χ3v) is 5.05. The molecule has 0 aromatic heterocycles. The van der Waals surface area contributed by atoms with Crippen molar-refractivity contribution in [3.8, 4) is 11.5 Å². The van der Waals surface area contributed by atoms with Crippen LogP contribution in [-0.2, 0) is 4.79 Å². The highest BCUT2D eigenvalue weighted by molar-refractivity contribution is 5.96. The van der Waals surface area contributed by atoms with Gasteiger partial charge in [-0.2, -0.15) is 5.10 Å². The van der Waals surface area contributed by atoms with Crippen molar-refractivity contribution >= 4 is 23.7 Å². The van der Waals surface area contributed by atoms with Crippen LogP contribution in [0.5, 0.6) is 11.5 Å². The minimum absolute atomic E-state index is 0.0497. The molecule has 1 saturated carbocycles. The number of aromatic hydroxyl groups is 1. The lowest BCUT2D eigenvalue weighted by molar-refractivity contribution is -0.120. The van der Waals surface area contributed by atoms with Gasteiger partial charge in [0.15, 0.2) is 11.5 Å². The third kappa shape index (κ3) is 5.83. The SMILES string of the molecule is CCOc1cc(C=NNC(=O)c2ccc(NC(=O)C3CCCCC3)cc2)ccc1O. The van der Waals surface area contributed by atoms with E-state index in [1.165, 1.54) is 18.7 Å². The average Bonchev–Trinajstić information content (AvgIpc) is 2.77. The van der Waals surface area contributed by atoms with Crippen molar-refractivity contribution in [3.05, 3.63) is 53.6 Å². The maximum Gasteiger partial charge on any atom is 0.271 e. The minimum atomic E-state index is -0.361. The zero-order valence-electron chi connectivity index (χ0n) is 17.1. The Morgan fingerprint density at radius 2 is 1.87 bits per heavy atom. The molecule has 2 aromatic rings. The predicted octanol–water partition coefficient (Wildman–Crippen LogP) is 4.07. The number of benzene rings is 2. The number of nitrogens with one attached hydrogen (secondary N) is 2. The lowest BCUT2D eigenvalue weighted by Crippen LogP contribution is -2.24. The van der Waals surface area contributed by atoms with E-state index < -0.39 is 0 Å². The Labute approximate surface area is 176 Å². The fourth-order valence-corrected chi connectivity index (χ4v) is 3.43. The molecule has 0 unspecified atom stereocenters. The van der Waals surface area contributed by atoms with Crippen LogP contribution in [0, 0.1) is 5.92 Å². The van der Waals surface area contributed by atoms with Crippen LogP contribution in [0.4, 0.5) is 5.69 Å². The quantitative estimate of drug-likeness (QED) is 0.474. The molecule has 2 aromatic carbocycles. The summed E-state index contributed by atoms with van der Waals surface area (Å²) < 4.78 is 5.32. The molecule has 7 nitrogen and oxygen atoms in total. The Hall–Kier alpha value is -3.35. The molecule has 0 atom stereocenters. The molecule has 7 heteroatoms. The molecular weight excluding hydrogens is 382 g/mol. The number of carbonyl (C=O) groups excluding carboxylic acids is 2. The summed E-state index contributed by atoms with van der Waals surface area (Å²) in [4.78, 5) is 24.6. The smallest absolute Gasteiger partial charge is 0.271 e. The molecule has 0 bridgehead atoms. The van der Waals surface area contributed by atoms with Crippen LogP contribution in [0.15, 0.2) is 47.6 Å². The lowest BCUT2D eigenvalue weighted by Gasteiger charge is -2.20. The van der Waals surface area contributed by atoms with Crippen LogP contribution >= 0.6 is 0 Å². The number of anilines is 1. The van der Waals surface area contributed by atoms with Crippen molar-refractivity contribution in [2.75, 3.05) is 11.9 Å². The number of phenolic OH excluding ortho intramolecular Hbond substituents is 1. The molecule has 2 amide bonds. The Morgan fingerprint density at radius 1 is 1.13 bits per heavy atom. The van der Waals surface area contributed by atoms with E-state index in [0.717, 1.165) is 25.7 Å². The summed E-state index contributed by atoms with van der Waals surface area (Å²) in [6.45, 7) is 2.26. The first kappa shape index (κ1) is 21.4. The topological polar surface area (TPSA) is 100 Å². The zero-order valence-corrected chi connectivity index (χ0v) is 17.1. The largest absolute Gasteiger partial charge is 0.504 e. The van der Waals surface area contributed by atoms with Gasteiger partial charge < -0.3 is 15.2 Å². The molecular formula is C23H27N3O4. The summed E-state index contributed by atoms with van der Waals surface area (Å²) in [6, 6.07) is 11.5. The van der Waals surface area contributed by atoms with Crippen molar-refractivity contribution in [2.45, 2.75) is 39.0 Å².